The standard InChI is InChI=1S/C12H14N4.Co/c13-7-1-3-9(11(15)5-7)10-4-2-8(14)6-12(10)16;/h1-6H,13-16H2;. The molecule has 2 rings (SSSR count). The molecule has 0 aliphatic heterocycles. The third-order valence-electron chi connectivity index (χ3n) is 2.44. The fourth-order valence-corrected chi connectivity index (χ4v) is 1.65. The molecule has 0 bridgehead atoms. The molecule has 0 saturated heterocycles. The molecule has 0 aliphatic carbocycles. The molecule has 2 aromatic carbocycles. The molecule has 0 aliphatic rings. The third-order valence-corrected chi connectivity index (χ3v) is 2.44. The van der Waals surface area contributed by atoms with E-state index in [-0.39, 0.29) is 16.8 Å². The topological polar surface area (TPSA) is 104 Å². The van der Waals surface area contributed by atoms with Gasteiger partial charge in [-0.1, -0.05) is 12.1 Å². The van der Waals surface area contributed by atoms with Crippen molar-refractivity contribution in [3.63, 3.8) is 0 Å². The third kappa shape index (κ3) is 2.63. The summed E-state index contributed by atoms with van der Waals surface area (Å²) in [6, 6.07) is 10.7. The predicted molar refractivity (Wildman–Crippen MR) is 69.5 cm³/mol. The number of rotatable bonds is 1. The second kappa shape index (κ2) is 4.98. The Balaban J connectivity index is 0.00000144. The average Bonchev–Trinajstić information content (AvgIpc) is 2.19. The van der Waals surface area contributed by atoms with Crippen molar-refractivity contribution in [1.82, 2.24) is 0 Å². The summed E-state index contributed by atoms with van der Waals surface area (Å²) in [5.41, 5.74) is 27.3. The Kier molecular flexibility index (Phi) is 3.87. The van der Waals surface area contributed by atoms with Crippen LogP contribution in [0.1, 0.15) is 0 Å². The van der Waals surface area contributed by atoms with Crippen molar-refractivity contribution < 1.29 is 16.8 Å². The van der Waals surface area contributed by atoms with Crippen LogP contribution >= 0.6 is 0 Å². The monoisotopic (exact) mass is 273 g/mol. The van der Waals surface area contributed by atoms with Crippen molar-refractivity contribution in [2.24, 2.45) is 0 Å². The molecule has 0 spiro atoms. The van der Waals surface area contributed by atoms with Crippen LogP contribution in [0.15, 0.2) is 36.4 Å². The van der Waals surface area contributed by atoms with Gasteiger partial charge in [0.15, 0.2) is 0 Å². The van der Waals surface area contributed by atoms with Gasteiger partial charge in [0.05, 0.1) is 0 Å². The molecule has 0 atom stereocenters. The van der Waals surface area contributed by atoms with Crippen molar-refractivity contribution in [1.29, 1.82) is 0 Å². The number of hydrogen-bond donors (Lipinski definition) is 4. The normalized spacial score (nSPS) is 9.65. The number of nitrogen functional groups attached to an aromatic ring is 4. The average molecular weight is 273 g/mol. The van der Waals surface area contributed by atoms with Gasteiger partial charge in [0.1, 0.15) is 0 Å². The first kappa shape index (κ1) is 13.2. The minimum atomic E-state index is 0. The van der Waals surface area contributed by atoms with Crippen LogP contribution in [0.25, 0.3) is 11.1 Å². The van der Waals surface area contributed by atoms with E-state index in [9.17, 15) is 0 Å². The number of benzene rings is 2. The van der Waals surface area contributed by atoms with E-state index in [0.29, 0.717) is 22.7 Å². The van der Waals surface area contributed by atoms with Gasteiger partial charge in [-0.2, -0.15) is 0 Å². The van der Waals surface area contributed by atoms with Crippen molar-refractivity contribution in [3.05, 3.63) is 36.4 Å². The van der Waals surface area contributed by atoms with Crippen LogP contribution in [-0.4, -0.2) is 0 Å². The summed E-state index contributed by atoms with van der Waals surface area (Å²) in [6.45, 7) is 0. The predicted octanol–water partition coefficient (Wildman–Crippen LogP) is 1.68. The second-order valence-corrected chi connectivity index (χ2v) is 3.69. The maximum Gasteiger partial charge on any atom is 0.0415 e. The van der Waals surface area contributed by atoms with Gasteiger partial charge in [-0.25, -0.2) is 0 Å². The van der Waals surface area contributed by atoms with Crippen LogP contribution in [0.2, 0.25) is 0 Å². The summed E-state index contributed by atoms with van der Waals surface area (Å²) in [4.78, 5) is 0. The minimum absolute atomic E-state index is 0. The van der Waals surface area contributed by atoms with Crippen molar-refractivity contribution in [2.45, 2.75) is 0 Å². The van der Waals surface area contributed by atoms with Crippen molar-refractivity contribution in [3.8, 4) is 11.1 Å². The molecule has 8 N–H and O–H groups in total. The van der Waals surface area contributed by atoms with Gasteiger partial charge < -0.3 is 22.9 Å². The first-order chi connectivity index (χ1) is 7.58. The summed E-state index contributed by atoms with van der Waals surface area (Å²) in [5, 5.41) is 0. The second-order valence-electron chi connectivity index (χ2n) is 3.69. The smallest absolute Gasteiger partial charge is 0.0415 e. The van der Waals surface area contributed by atoms with Crippen molar-refractivity contribution >= 4 is 22.7 Å². The molecule has 0 fully saturated rings. The molecule has 5 heteroatoms. The molecule has 91 valence electrons. The van der Waals surface area contributed by atoms with Gasteiger partial charge in [0.2, 0.25) is 0 Å². The Bertz CT molecular complexity index is 491. The minimum Gasteiger partial charge on any atom is -0.399 e. The van der Waals surface area contributed by atoms with E-state index >= 15 is 0 Å². The Morgan fingerprint density at radius 1 is 0.588 bits per heavy atom. The van der Waals surface area contributed by atoms with Gasteiger partial charge in [-0.05, 0) is 24.3 Å². The summed E-state index contributed by atoms with van der Waals surface area (Å²) >= 11 is 0. The SMILES string of the molecule is Nc1ccc(-c2ccc(N)cc2N)c(N)c1.[Co]. The number of nitrogens with two attached hydrogens (primary N) is 4. The van der Waals surface area contributed by atoms with Crippen molar-refractivity contribution in [2.75, 3.05) is 22.9 Å². The van der Waals surface area contributed by atoms with E-state index in [1.807, 2.05) is 12.1 Å². The molecule has 0 amide bonds. The van der Waals surface area contributed by atoms with E-state index in [1.54, 1.807) is 24.3 Å². The fraction of sp³-hybridized carbons (Fsp3) is 0. The molecule has 0 unspecified atom stereocenters. The Labute approximate surface area is 110 Å². The van der Waals surface area contributed by atoms with E-state index in [0.717, 1.165) is 11.1 Å². The van der Waals surface area contributed by atoms with Gasteiger partial charge in [-0.15, -0.1) is 0 Å². The van der Waals surface area contributed by atoms with Crippen LogP contribution in [0, 0.1) is 0 Å². The Hall–Kier alpha value is -1.85. The van der Waals surface area contributed by atoms with E-state index < -0.39 is 0 Å². The quantitative estimate of drug-likeness (QED) is 0.593. The number of hydrogen-bond acceptors (Lipinski definition) is 4. The Morgan fingerprint density at radius 2 is 0.941 bits per heavy atom. The van der Waals surface area contributed by atoms with E-state index in [4.69, 9.17) is 22.9 Å². The molecule has 0 aromatic heterocycles. The molecular formula is C12H14CoN4. The van der Waals surface area contributed by atoms with Crippen LogP contribution in [-0.2, 0) is 16.8 Å². The maximum atomic E-state index is 5.89. The van der Waals surface area contributed by atoms with Crippen LogP contribution in [0.5, 0.6) is 0 Å². The van der Waals surface area contributed by atoms with Crippen LogP contribution in [0.3, 0.4) is 0 Å². The Morgan fingerprint density at radius 3 is 1.24 bits per heavy atom. The molecule has 0 saturated carbocycles. The zero-order chi connectivity index (χ0) is 11.7. The molecule has 2 aromatic rings. The summed E-state index contributed by atoms with van der Waals surface area (Å²) < 4.78 is 0. The molecule has 0 heterocycles. The first-order valence-corrected chi connectivity index (χ1v) is 4.88. The van der Waals surface area contributed by atoms with Gasteiger partial charge >= 0.3 is 0 Å². The zero-order valence-corrected chi connectivity index (χ0v) is 10.1. The van der Waals surface area contributed by atoms with Crippen LogP contribution in [0.4, 0.5) is 22.7 Å². The van der Waals surface area contributed by atoms with Gasteiger partial charge in [-0.3, -0.25) is 0 Å². The maximum absolute atomic E-state index is 5.89. The molecule has 17 heavy (non-hydrogen) atoms. The molecular weight excluding hydrogens is 259 g/mol. The summed E-state index contributed by atoms with van der Waals surface area (Å²) in [5.74, 6) is 0. The van der Waals surface area contributed by atoms with E-state index in [1.165, 1.54) is 0 Å². The first-order valence-electron chi connectivity index (χ1n) is 4.88. The van der Waals surface area contributed by atoms with Gasteiger partial charge in [0.25, 0.3) is 0 Å². The largest absolute Gasteiger partial charge is 0.399 e. The zero-order valence-electron chi connectivity index (χ0n) is 9.11. The van der Waals surface area contributed by atoms with Gasteiger partial charge in [0, 0.05) is 50.7 Å². The fourth-order valence-electron chi connectivity index (χ4n) is 1.65. The summed E-state index contributed by atoms with van der Waals surface area (Å²) in [6.07, 6.45) is 0. The summed E-state index contributed by atoms with van der Waals surface area (Å²) in [7, 11) is 0. The van der Waals surface area contributed by atoms with E-state index in [2.05, 4.69) is 0 Å². The molecule has 1 radical (unpaired) electrons. The number of anilines is 4. The van der Waals surface area contributed by atoms with Crippen LogP contribution < -0.4 is 22.9 Å². The molecule has 4 nitrogen and oxygen atoms in total.